The molecule has 0 fully saturated rings. The molecule has 0 atom stereocenters. The van der Waals surface area contributed by atoms with Gasteiger partial charge in [-0.15, -0.1) is 0 Å². The lowest BCUT2D eigenvalue weighted by Crippen LogP contribution is -2.12. The van der Waals surface area contributed by atoms with Crippen LogP contribution in [0.1, 0.15) is 5.56 Å². The maximum atomic E-state index is 10.4. The van der Waals surface area contributed by atoms with Crippen LogP contribution in [0.4, 0.5) is 11.6 Å². The standard InChI is InChI=1S/C5H7N3O.C4H4IN3O/c1-3-2-7-5(9)8-4(3)6;5-2-1-7-4(9)8-3(2)6/h2H,1H3,(H3,6,7,8,9);1H,(H3,6,7,8,9). The highest BCUT2D eigenvalue weighted by atomic mass is 127. The Bertz CT molecular complexity index is 592. The zero-order valence-corrected chi connectivity index (χ0v) is 11.6. The van der Waals surface area contributed by atoms with Gasteiger partial charge in [-0.2, -0.15) is 0 Å². The van der Waals surface area contributed by atoms with E-state index in [4.69, 9.17) is 11.5 Å². The third-order valence-corrected chi connectivity index (χ3v) is 2.70. The quantitative estimate of drug-likeness (QED) is 0.470. The van der Waals surface area contributed by atoms with Gasteiger partial charge < -0.3 is 11.5 Å². The molecule has 18 heavy (non-hydrogen) atoms. The van der Waals surface area contributed by atoms with Crippen LogP contribution in [0.5, 0.6) is 0 Å². The van der Waals surface area contributed by atoms with E-state index >= 15 is 0 Å². The van der Waals surface area contributed by atoms with Gasteiger partial charge >= 0.3 is 11.4 Å². The van der Waals surface area contributed by atoms with Gasteiger partial charge in [0.15, 0.2) is 0 Å². The van der Waals surface area contributed by atoms with Gasteiger partial charge in [-0.1, -0.05) is 0 Å². The Kier molecular flexibility index (Phi) is 4.83. The number of hydrogen-bond acceptors (Lipinski definition) is 6. The zero-order valence-electron chi connectivity index (χ0n) is 9.40. The van der Waals surface area contributed by atoms with E-state index in [9.17, 15) is 9.59 Å². The number of H-pyrrole nitrogens is 2. The summed E-state index contributed by atoms with van der Waals surface area (Å²) in [4.78, 5) is 32.4. The fourth-order valence-corrected chi connectivity index (χ4v) is 1.14. The van der Waals surface area contributed by atoms with Gasteiger partial charge in [0.1, 0.15) is 11.6 Å². The number of nitrogen functional groups attached to an aromatic ring is 2. The number of aromatic nitrogens is 4. The number of nitrogens with zero attached hydrogens (tertiary/aromatic N) is 2. The molecule has 0 unspecified atom stereocenters. The number of hydrogen-bond donors (Lipinski definition) is 4. The van der Waals surface area contributed by atoms with Crippen LogP contribution in [0.2, 0.25) is 0 Å². The summed E-state index contributed by atoms with van der Waals surface area (Å²) >= 11 is 1.98. The fraction of sp³-hybridized carbons (Fsp3) is 0.111. The Morgan fingerprint density at radius 1 is 1.06 bits per heavy atom. The summed E-state index contributed by atoms with van der Waals surface area (Å²) in [5.41, 5.74) is 10.6. The minimum atomic E-state index is -0.409. The van der Waals surface area contributed by atoms with Crippen LogP contribution in [-0.4, -0.2) is 19.9 Å². The van der Waals surface area contributed by atoms with Crippen molar-refractivity contribution in [3.05, 3.63) is 42.5 Å². The van der Waals surface area contributed by atoms with E-state index in [1.807, 2.05) is 22.6 Å². The molecule has 0 bridgehead atoms. The Balaban J connectivity index is 0.000000180. The minimum absolute atomic E-state index is 0.371. The summed E-state index contributed by atoms with van der Waals surface area (Å²) in [6.45, 7) is 1.78. The van der Waals surface area contributed by atoms with E-state index in [1.165, 1.54) is 12.4 Å². The molecular weight excluding hydrogens is 351 g/mol. The van der Waals surface area contributed by atoms with Crippen molar-refractivity contribution >= 4 is 34.2 Å². The van der Waals surface area contributed by atoms with E-state index in [1.54, 1.807) is 6.92 Å². The molecule has 2 aromatic heterocycles. The van der Waals surface area contributed by atoms with E-state index in [0.717, 1.165) is 9.13 Å². The van der Waals surface area contributed by atoms with Gasteiger partial charge in [0.2, 0.25) is 0 Å². The van der Waals surface area contributed by atoms with Gasteiger partial charge in [0.05, 0.1) is 3.57 Å². The second-order valence-corrected chi connectivity index (χ2v) is 4.40. The van der Waals surface area contributed by atoms with E-state index in [0.29, 0.717) is 11.6 Å². The number of nitrogens with two attached hydrogens (primary N) is 2. The second-order valence-electron chi connectivity index (χ2n) is 3.24. The maximum absolute atomic E-state index is 10.4. The summed E-state index contributed by atoms with van der Waals surface area (Å²) in [7, 11) is 0. The average Bonchev–Trinajstić information content (AvgIpc) is 2.30. The van der Waals surface area contributed by atoms with E-state index in [-0.39, 0.29) is 0 Å². The molecule has 0 saturated carbocycles. The van der Waals surface area contributed by atoms with Crippen LogP contribution in [-0.2, 0) is 0 Å². The minimum Gasteiger partial charge on any atom is -0.385 e. The van der Waals surface area contributed by atoms with Crippen molar-refractivity contribution in [3.8, 4) is 0 Å². The topological polar surface area (TPSA) is 144 Å². The molecule has 6 N–H and O–H groups in total. The molecule has 0 aliphatic carbocycles. The highest BCUT2D eigenvalue weighted by molar-refractivity contribution is 14.1. The fourth-order valence-electron chi connectivity index (χ4n) is 0.863. The number of nitrogens with one attached hydrogen (secondary N) is 2. The number of anilines is 2. The van der Waals surface area contributed by atoms with Crippen molar-refractivity contribution < 1.29 is 0 Å². The molecule has 9 heteroatoms. The van der Waals surface area contributed by atoms with Gasteiger partial charge in [-0.3, -0.25) is 9.97 Å². The lowest BCUT2D eigenvalue weighted by molar-refractivity contribution is 1.06. The predicted octanol–water partition coefficient (Wildman–Crippen LogP) is -0.383. The average molecular weight is 362 g/mol. The van der Waals surface area contributed by atoms with Crippen molar-refractivity contribution in [2.75, 3.05) is 11.5 Å². The molecule has 8 nitrogen and oxygen atoms in total. The van der Waals surface area contributed by atoms with Crippen molar-refractivity contribution in [3.63, 3.8) is 0 Å². The van der Waals surface area contributed by atoms with Gasteiger partial charge in [0.25, 0.3) is 0 Å². The Hall–Kier alpha value is -1.91. The summed E-state index contributed by atoms with van der Waals surface area (Å²) in [6, 6.07) is 0. The van der Waals surface area contributed by atoms with Crippen LogP contribution in [0.15, 0.2) is 22.0 Å². The Morgan fingerprint density at radius 3 is 1.94 bits per heavy atom. The highest BCUT2D eigenvalue weighted by Gasteiger charge is 1.92. The van der Waals surface area contributed by atoms with Crippen molar-refractivity contribution in [1.29, 1.82) is 0 Å². The predicted molar refractivity (Wildman–Crippen MR) is 76.0 cm³/mol. The smallest absolute Gasteiger partial charge is 0.346 e. The molecule has 2 rings (SSSR count). The largest absolute Gasteiger partial charge is 0.385 e. The first kappa shape index (κ1) is 14.2. The van der Waals surface area contributed by atoms with Gasteiger partial charge in [-0.05, 0) is 29.5 Å². The third kappa shape index (κ3) is 4.16. The van der Waals surface area contributed by atoms with Crippen LogP contribution in [0.25, 0.3) is 0 Å². The first-order valence-electron chi connectivity index (χ1n) is 4.72. The monoisotopic (exact) mass is 362 g/mol. The molecule has 0 aliphatic heterocycles. The van der Waals surface area contributed by atoms with Gasteiger partial charge in [0, 0.05) is 18.0 Å². The normalized spacial score (nSPS) is 9.44. The summed E-state index contributed by atoms with van der Waals surface area (Å²) in [6.07, 6.45) is 2.86. The number of rotatable bonds is 0. The molecule has 2 aromatic rings. The molecule has 0 radical (unpaired) electrons. The SMILES string of the molecule is Cc1cnc(=O)[nH]c1N.Nc1[nH]c(=O)ncc1I. The first-order chi connectivity index (χ1) is 8.40. The molecule has 0 aliphatic rings. The third-order valence-electron chi connectivity index (χ3n) is 1.84. The zero-order chi connectivity index (χ0) is 13.7. The molecule has 96 valence electrons. The number of aromatic amines is 2. The molecule has 0 aromatic carbocycles. The lowest BCUT2D eigenvalue weighted by Gasteiger charge is -1.93. The summed E-state index contributed by atoms with van der Waals surface area (Å²) in [5, 5.41) is 0. The summed E-state index contributed by atoms with van der Waals surface area (Å²) < 4.78 is 0.757. The second kappa shape index (κ2) is 6.14. The maximum Gasteiger partial charge on any atom is 0.346 e. The Labute approximate surface area is 115 Å². The van der Waals surface area contributed by atoms with Crippen LogP contribution >= 0.6 is 22.6 Å². The highest BCUT2D eigenvalue weighted by Crippen LogP contribution is 2.05. The molecule has 2 heterocycles. The van der Waals surface area contributed by atoms with Gasteiger partial charge in [-0.25, -0.2) is 19.6 Å². The van der Waals surface area contributed by atoms with E-state index in [2.05, 4.69) is 19.9 Å². The first-order valence-corrected chi connectivity index (χ1v) is 5.79. The van der Waals surface area contributed by atoms with Crippen molar-refractivity contribution in [1.82, 2.24) is 19.9 Å². The molecule has 0 amide bonds. The van der Waals surface area contributed by atoms with Crippen LogP contribution < -0.4 is 22.8 Å². The van der Waals surface area contributed by atoms with Crippen LogP contribution in [0.3, 0.4) is 0 Å². The lowest BCUT2D eigenvalue weighted by atomic mass is 10.4. The Morgan fingerprint density at radius 2 is 1.56 bits per heavy atom. The number of aryl methyl sites for hydroxylation is 1. The van der Waals surface area contributed by atoms with Crippen molar-refractivity contribution in [2.45, 2.75) is 6.92 Å². The van der Waals surface area contributed by atoms with Crippen molar-refractivity contribution in [2.24, 2.45) is 0 Å². The van der Waals surface area contributed by atoms with E-state index < -0.39 is 11.4 Å². The summed E-state index contributed by atoms with van der Waals surface area (Å²) in [5.74, 6) is 0.755. The van der Waals surface area contributed by atoms with Crippen LogP contribution in [0, 0.1) is 10.5 Å². The number of halogens is 1. The molecule has 0 saturated heterocycles. The molecule has 0 spiro atoms. The molecular formula is C9H11IN6O2.